The highest BCUT2D eigenvalue weighted by Crippen LogP contribution is 2.57. The number of esters is 1. The Morgan fingerprint density at radius 3 is 1.53 bits per heavy atom. The summed E-state index contributed by atoms with van der Waals surface area (Å²) in [6.07, 6.45) is 12.7. The summed E-state index contributed by atoms with van der Waals surface area (Å²) in [6, 6.07) is 0. The molecule has 2 spiro atoms. The van der Waals surface area contributed by atoms with E-state index in [-0.39, 0.29) is 24.3 Å². The fraction of sp³-hybridized carbons (Fsp3) is 0.909. The molecule has 0 aromatic heterocycles. The van der Waals surface area contributed by atoms with Gasteiger partial charge in [-0.1, -0.05) is 12.8 Å². The molecule has 0 unspecified atom stereocenters. The summed E-state index contributed by atoms with van der Waals surface area (Å²) in [5, 5.41) is 17.1. The highest BCUT2D eigenvalue weighted by molar-refractivity contribution is 6.33. The van der Waals surface area contributed by atoms with Crippen molar-refractivity contribution in [1.82, 2.24) is 6.15 Å². The van der Waals surface area contributed by atoms with Crippen LogP contribution in [0.5, 0.6) is 0 Å². The van der Waals surface area contributed by atoms with Gasteiger partial charge in [0.2, 0.25) is 0 Å². The zero-order valence-electron chi connectivity index (χ0n) is 19.0. The lowest BCUT2D eigenvalue weighted by Gasteiger charge is -2.53. The summed E-state index contributed by atoms with van der Waals surface area (Å²) in [5.41, 5.74) is 5.22. The van der Waals surface area contributed by atoms with E-state index in [0.29, 0.717) is 10.8 Å². The standard InChI is InChI=1S/C11H17ClO2.C7H12O.C4H9NO2.H3N/c1-10(2,12)9(13)14-8-6-11(7-8)4-3-5-11;8-6-4-7(5-6)2-1-3-7;1-4(2,5)3(6)7;/h8H,3-7H2,1-2H3;6,8H,1-5H2;5H2,1-2H3,(H,6,7);1H3. The van der Waals surface area contributed by atoms with Crippen molar-refractivity contribution in [3.63, 3.8) is 0 Å². The summed E-state index contributed by atoms with van der Waals surface area (Å²) in [4.78, 5) is 20.5. The number of alkyl halides is 1. The lowest BCUT2D eigenvalue weighted by atomic mass is 9.55. The van der Waals surface area contributed by atoms with Gasteiger partial charge in [-0.15, -0.1) is 11.6 Å². The van der Waals surface area contributed by atoms with Crippen molar-refractivity contribution >= 4 is 23.5 Å². The maximum absolute atomic E-state index is 11.4. The molecule has 0 atom stereocenters. The Labute approximate surface area is 185 Å². The fourth-order valence-electron chi connectivity index (χ4n) is 4.39. The number of rotatable bonds is 3. The van der Waals surface area contributed by atoms with Gasteiger partial charge in [0, 0.05) is 0 Å². The van der Waals surface area contributed by atoms with E-state index < -0.39 is 16.4 Å². The second-order valence-electron chi connectivity index (χ2n) is 10.7. The molecule has 7 N–H and O–H groups in total. The first kappa shape index (κ1) is 27.1. The van der Waals surface area contributed by atoms with E-state index in [1.807, 2.05) is 0 Å². The van der Waals surface area contributed by atoms with Crippen molar-refractivity contribution in [2.45, 2.75) is 115 Å². The summed E-state index contributed by atoms with van der Waals surface area (Å²) in [7, 11) is 0. The van der Waals surface area contributed by atoms with Crippen molar-refractivity contribution in [2.24, 2.45) is 16.6 Å². The number of carboxylic acids is 1. The second-order valence-corrected chi connectivity index (χ2v) is 11.6. The van der Waals surface area contributed by atoms with Crippen LogP contribution in [0, 0.1) is 10.8 Å². The Kier molecular flexibility index (Phi) is 8.79. The molecular formula is C22H41ClN2O5. The molecule has 4 saturated carbocycles. The average Bonchev–Trinajstić information content (AvgIpc) is 2.42. The largest absolute Gasteiger partial charge is 0.480 e. The van der Waals surface area contributed by atoms with E-state index in [0.717, 1.165) is 25.7 Å². The van der Waals surface area contributed by atoms with E-state index >= 15 is 0 Å². The van der Waals surface area contributed by atoms with Crippen LogP contribution in [0.1, 0.15) is 91.9 Å². The lowest BCUT2D eigenvalue weighted by Crippen LogP contribution is -2.48. The minimum Gasteiger partial charge on any atom is -0.480 e. The molecule has 176 valence electrons. The van der Waals surface area contributed by atoms with Crippen molar-refractivity contribution in [3.8, 4) is 0 Å². The number of ether oxygens (including phenoxy) is 1. The molecule has 4 fully saturated rings. The Bertz CT molecular complexity index is 588. The Hall–Kier alpha value is -0.890. The third-order valence-corrected chi connectivity index (χ3v) is 6.95. The van der Waals surface area contributed by atoms with Crippen LogP contribution in [0.2, 0.25) is 0 Å². The third kappa shape index (κ3) is 7.08. The van der Waals surface area contributed by atoms with E-state index in [4.69, 9.17) is 32.3 Å². The first-order chi connectivity index (χ1) is 13.2. The van der Waals surface area contributed by atoms with E-state index in [9.17, 15) is 9.59 Å². The van der Waals surface area contributed by atoms with E-state index in [1.165, 1.54) is 52.4 Å². The molecule has 0 heterocycles. The topological polar surface area (TPSA) is 145 Å². The van der Waals surface area contributed by atoms with Crippen LogP contribution >= 0.6 is 11.6 Å². The molecule has 7 nitrogen and oxygen atoms in total. The minimum absolute atomic E-state index is 0. The maximum Gasteiger partial charge on any atom is 0.326 e. The number of hydrogen-bond donors (Lipinski definition) is 4. The molecule has 0 amide bonds. The normalized spacial score (nSPS) is 25.4. The van der Waals surface area contributed by atoms with Gasteiger partial charge < -0.3 is 26.8 Å². The molecule has 4 rings (SSSR count). The SMILES string of the molecule is CC(C)(Cl)C(=O)OC1CC2(CCC2)C1.CC(C)(N)C(=O)O.N.OC1CC2(CCC2)C1. The van der Waals surface area contributed by atoms with Crippen LogP contribution in [-0.4, -0.2) is 44.8 Å². The summed E-state index contributed by atoms with van der Waals surface area (Å²) in [5.74, 6) is -1.26. The second kappa shape index (κ2) is 9.72. The number of nitrogens with two attached hydrogens (primary N) is 1. The van der Waals surface area contributed by atoms with Gasteiger partial charge >= 0.3 is 11.9 Å². The van der Waals surface area contributed by atoms with Gasteiger partial charge in [-0.05, 0) is 89.9 Å². The van der Waals surface area contributed by atoms with Crippen molar-refractivity contribution in [1.29, 1.82) is 0 Å². The number of aliphatic hydroxyl groups is 1. The van der Waals surface area contributed by atoms with Crippen LogP contribution in [0.15, 0.2) is 0 Å². The molecule has 0 radical (unpaired) electrons. The number of carboxylic acid groups (broad SMARTS) is 1. The van der Waals surface area contributed by atoms with Crippen molar-refractivity contribution in [3.05, 3.63) is 0 Å². The van der Waals surface area contributed by atoms with Gasteiger partial charge in [0.05, 0.1) is 6.10 Å². The van der Waals surface area contributed by atoms with Crippen LogP contribution in [0.3, 0.4) is 0 Å². The number of carbonyl (C=O) groups excluding carboxylic acids is 1. The Morgan fingerprint density at radius 1 is 0.967 bits per heavy atom. The first-order valence-electron chi connectivity index (χ1n) is 10.8. The molecule has 0 bridgehead atoms. The molecule has 0 aliphatic heterocycles. The average molecular weight is 449 g/mol. The number of aliphatic hydroxyl groups excluding tert-OH is 1. The molecular weight excluding hydrogens is 408 g/mol. The molecule has 30 heavy (non-hydrogen) atoms. The van der Waals surface area contributed by atoms with Crippen LogP contribution < -0.4 is 11.9 Å². The van der Waals surface area contributed by atoms with Crippen LogP contribution in [0.25, 0.3) is 0 Å². The Morgan fingerprint density at radius 2 is 1.33 bits per heavy atom. The number of hydrogen-bond acceptors (Lipinski definition) is 6. The molecule has 0 aromatic rings. The smallest absolute Gasteiger partial charge is 0.326 e. The highest BCUT2D eigenvalue weighted by Gasteiger charge is 2.50. The monoisotopic (exact) mass is 448 g/mol. The number of halogens is 1. The summed E-state index contributed by atoms with van der Waals surface area (Å²) in [6.45, 7) is 6.23. The van der Waals surface area contributed by atoms with Gasteiger partial charge in [-0.3, -0.25) is 9.59 Å². The predicted molar refractivity (Wildman–Crippen MR) is 118 cm³/mol. The van der Waals surface area contributed by atoms with Gasteiger partial charge in [0.15, 0.2) is 0 Å². The zero-order chi connectivity index (χ0) is 22.1. The number of carbonyl (C=O) groups is 2. The third-order valence-electron chi connectivity index (χ3n) is 6.80. The summed E-state index contributed by atoms with van der Waals surface area (Å²) < 4.78 is 5.31. The van der Waals surface area contributed by atoms with Crippen molar-refractivity contribution in [2.75, 3.05) is 0 Å². The molecule has 4 aliphatic carbocycles. The minimum atomic E-state index is -1.08. The molecule has 0 saturated heterocycles. The highest BCUT2D eigenvalue weighted by atomic mass is 35.5. The van der Waals surface area contributed by atoms with Crippen molar-refractivity contribution < 1.29 is 24.5 Å². The zero-order valence-corrected chi connectivity index (χ0v) is 19.8. The van der Waals surface area contributed by atoms with Gasteiger partial charge in [-0.2, -0.15) is 0 Å². The number of aliphatic carboxylic acids is 1. The van der Waals surface area contributed by atoms with Gasteiger partial charge in [-0.25, -0.2) is 0 Å². The maximum atomic E-state index is 11.4. The fourth-order valence-corrected chi connectivity index (χ4v) is 4.44. The quantitative estimate of drug-likeness (QED) is 0.374. The van der Waals surface area contributed by atoms with Crippen LogP contribution in [-0.2, 0) is 14.3 Å². The molecule has 4 aliphatic rings. The molecule has 8 heteroatoms. The Balaban J connectivity index is 0.000000241. The van der Waals surface area contributed by atoms with Gasteiger partial charge in [0.1, 0.15) is 16.5 Å². The molecule has 0 aromatic carbocycles. The van der Waals surface area contributed by atoms with E-state index in [1.54, 1.807) is 13.8 Å². The van der Waals surface area contributed by atoms with Gasteiger partial charge in [0.25, 0.3) is 0 Å². The van der Waals surface area contributed by atoms with Crippen LogP contribution in [0.4, 0.5) is 0 Å². The lowest BCUT2D eigenvalue weighted by molar-refractivity contribution is -0.169. The van der Waals surface area contributed by atoms with E-state index in [2.05, 4.69) is 0 Å². The summed E-state index contributed by atoms with van der Waals surface area (Å²) >= 11 is 5.85. The first-order valence-corrected chi connectivity index (χ1v) is 11.1. The predicted octanol–water partition coefficient (Wildman–Crippen LogP) is 4.16.